The second-order valence-electron chi connectivity index (χ2n) is 8.09. The Bertz CT molecular complexity index is 565. The second-order valence-corrected chi connectivity index (χ2v) is 8.09. The molecule has 0 saturated heterocycles. The maximum absolute atomic E-state index is 13.2. The topological polar surface area (TPSA) is 59.0 Å². The molecule has 1 N–H and O–H groups in total. The van der Waals surface area contributed by atoms with E-state index in [1.165, 1.54) is 0 Å². The van der Waals surface area contributed by atoms with E-state index >= 15 is 0 Å². The van der Waals surface area contributed by atoms with Gasteiger partial charge < -0.3 is 14.6 Å². The van der Waals surface area contributed by atoms with Crippen LogP contribution in [-0.4, -0.2) is 44.2 Å². The van der Waals surface area contributed by atoms with Crippen LogP contribution in [0.1, 0.15) is 47.1 Å². The van der Waals surface area contributed by atoms with E-state index < -0.39 is 12.0 Å². The maximum Gasteiger partial charge on any atom is 0.234 e. The number of para-hydroxylation sites is 1. The first-order chi connectivity index (χ1) is 12.1. The largest absolute Gasteiger partial charge is 0.392 e. The summed E-state index contributed by atoms with van der Waals surface area (Å²) >= 11 is 0. The molecule has 148 valence electrons. The van der Waals surface area contributed by atoms with Crippen molar-refractivity contribution >= 4 is 11.6 Å². The lowest BCUT2D eigenvalue weighted by Crippen LogP contribution is -2.43. The molecular weight excluding hydrogens is 330 g/mol. The van der Waals surface area contributed by atoms with Gasteiger partial charge in [0.05, 0.1) is 25.2 Å². The molecule has 5 heteroatoms. The molecule has 0 heterocycles. The van der Waals surface area contributed by atoms with Crippen molar-refractivity contribution in [2.45, 2.75) is 53.1 Å². The lowest BCUT2D eigenvalue weighted by molar-refractivity contribution is -0.127. The summed E-state index contributed by atoms with van der Waals surface area (Å²) in [6, 6.07) is 7.87. The molecule has 0 bridgehead atoms. The predicted molar refractivity (Wildman–Crippen MR) is 105 cm³/mol. The number of methoxy groups -OCH3 is 1. The molecule has 0 radical (unpaired) electrons. The molecule has 0 aliphatic rings. The van der Waals surface area contributed by atoms with Crippen molar-refractivity contribution in [2.75, 3.05) is 32.0 Å². The number of hydrogen-bond acceptors (Lipinski definition) is 4. The van der Waals surface area contributed by atoms with Crippen LogP contribution in [-0.2, 0) is 19.7 Å². The van der Waals surface area contributed by atoms with Crippen LogP contribution in [0.3, 0.4) is 0 Å². The van der Waals surface area contributed by atoms with E-state index in [0.29, 0.717) is 13.2 Å². The minimum Gasteiger partial charge on any atom is -0.392 e. The van der Waals surface area contributed by atoms with Gasteiger partial charge in [0.2, 0.25) is 5.91 Å². The summed E-state index contributed by atoms with van der Waals surface area (Å²) in [6.45, 7) is 12.9. The van der Waals surface area contributed by atoms with Crippen molar-refractivity contribution in [2.24, 2.45) is 11.8 Å². The van der Waals surface area contributed by atoms with E-state index in [-0.39, 0.29) is 24.0 Å². The number of aliphatic hydroxyl groups excluding tert-OH is 1. The minimum atomic E-state index is -0.703. The fourth-order valence-electron chi connectivity index (χ4n) is 2.86. The van der Waals surface area contributed by atoms with Crippen LogP contribution in [0, 0.1) is 11.8 Å². The van der Waals surface area contributed by atoms with Crippen LogP contribution >= 0.6 is 0 Å². The number of ether oxygens (including phenoxy) is 2. The Labute approximate surface area is 158 Å². The third kappa shape index (κ3) is 6.08. The molecule has 26 heavy (non-hydrogen) atoms. The molecule has 0 saturated carbocycles. The number of benzene rings is 1. The maximum atomic E-state index is 13.2. The number of carbonyl (C=O) groups excluding carboxylic acids is 1. The first-order valence-electron chi connectivity index (χ1n) is 9.26. The van der Waals surface area contributed by atoms with Crippen LogP contribution < -0.4 is 4.90 Å². The molecule has 5 nitrogen and oxygen atoms in total. The van der Waals surface area contributed by atoms with Gasteiger partial charge in [-0.25, -0.2) is 0 Å². The van der Waals surface area contributed by atoms with Crippen LogP contribution in [0.15, 0.2) is 24.3 Å². The average molecular weight is 366 g/mol. The number of nitrogens with zero attached hydrogens (tertiary/aromatic N) is 1. The van der Waals surface area contributed by atoms with E-state index in [1.807, 2.05) is 38.1 Å². The van der Waals surface area contributed by atoms with Gasteiger partial charge in [0.25, 0.3) is 0 Å². The molecule has 0 aliphatic heterocycles. The van der Waals surface area contributed by atoms with E-state index in [4.69, 9.17) is 9.47 Å². The van der Waals surface area contributed by atoms with Gasteiger partial charge in [-0.2, -0.15) is 0 Å². The van der Waals surface area contributed by atoms with Crippen LogP contribution in [0.4, 0.5) is 5.69 Å². The second kappa shape index (κ2) is 10.0. The standard InChI is InChI=1S/C21H35NO4/c1-15(2)19(23)16(3)20(24)22(14-26-13-12-25-7)18-11-9-8-10-17(18)21(4,5)6/h8-11,15-16,19,23H,12-14H2,1-7H3/t16-,19+/m1/s1. The zero-order valence-corrected chi connectivity index (χ0v) is 17.3. The van der Waals surface area contributed by atoms with Gasteiger partial charge in [-0.3, -0.25) is 9.69 Å². The quantitative estimate of drug-likeness (QED) is 0.537. The highest BCUT2D eigenvalue weighted by atomic mass is 16.5. The van der Waals surface area contributed by atoms with E-state index in [2.05, 4.69) is 20.8 Å². The number of hydrogen-bond donors (Lipinski definition) is 1. The van der Waals surface area contributed by atoms with Gasteiger partial charge in [0, 0.05) is 12.8 Å². The summed E-state index contributed by atoms with van der Waals surface area (Å²) in [5.74, 6) is -0.655. The molecule has 2 atom stereocenters. The Kier molecular flexibility index (Phi) is 8.74. The molecule has 1 aromatic rings. The fraction of sp³-hybridized carbons (Fsp3) is 0.667. The average Bonchev–Trinajstić information content (AvgIpc) is 2.59. The van der Waals surface area contributed by atoms with Gasteiger partial charge in [-0.1, -0.05) is 59.7 Å². The normalized spacial score (nSPS) is 14.3. The van der Waals surface area contributed by atoms with Crippen molar-refractivity contribution in [3.63, 3.8) is 0 Å². The Balaban J connectivity index is 3.19. The Morgan fingerprint density at radius 3 is 2.31 bits per heavy atom. The highest BCUT2D eigenvalue weighted by molar-refractivity contribution is 5.96. The molecule has 1 rings (SSSR count). The van der Waals surface area contributed by atoms with Crippen LogP contribution in [0.2, 0.25) is 0 Å². The summed E-state index contributed by atoms with van der Waals surface area (Å²) in [6.07, 6.45) is -0.703. The molecule has 0 unspecified atom stereocenters. The van der Waals surface area contributed by atoms with Gasteiger partial charge in [-0.05, 0) is 23.0 Å². The predicted octanol–water partition coefficient (Wildman–Crippen LogP) is 3.59. The lowest BCUT2D eigenvalue weighted by atomic mass is 9.85. The van der Waals surface area contributed by atoms with Gasteiger partial charge in [0.1, 0.15) is 6.73 Å². The number of rotatable bonds is 9. The molecule has 0 aromatic heterocycles. The lowest BCUT2D eigenvalue weighted by Gasteiger charge is -2.33. The molecule has 0 aliphatic carbocycles. The number of aliphatic hydroxyl groups is 1. The van der Waals surface area contributed by atoms with E-state index in [0.717, 1.165) is 11.3 Å². The third-order valence-electron chi connectivity index (χ3n) is 4.51. The summed E-state index contributed by atoms with van der Waals surface area (Å²) in [5, 5.41) is 10.4. The van der Waals surface area contributed by atoms with Crippen molar-refractivity contribution in [3.05, 3.63) is 29.8 Å². The van der Waals surface area contributed by atoms with Gasteiger partial charge in [0.15, 0.2) is 0 Å². The van der Waals surface area contributed by atoms with Crippen molar-refractivity contribution in [1.82, 2.24) is 0 Å². The molecular formula is C21H35NO4. The summed E-state index contributed by atoms with van der Waals surface area (Å²) in [7, 11) is 1.61. The smallest absolute Gasteiger partial charge is 0.234 e. The van der Waals surface area contributed by atoms with Gasteiger partial charge in [-0.15, -0.1) is 0 Å². The summed E-state index contributed by atoms with van der Waals surface area (Å²) < 4.78 is 10.7. The third-order valence-corrected chi connectivity index (χ3v) is 4.51. The summed E-state index contributed by atoms with van der Waals surface area (Å²) in [5.41, 5.74) is 1.77. The SMILES string of the molecule is COCCOCN(C(=O)[C@H](C)[C@@H](O)C(C)C)c1ccccc1C(C)(C)C. The molecule has 1 amide bonds. The minimum absolute atomic E-state index is 0.00284. The fourth-order valence-corrected chi connectivity index (χ4v) is 2.86. The first-order valence-corrected chi connectivity index (χ1v) is 9.26. The molecule has 0 fully saturated rings. The first kappa shape index (κ1) is 22.6. The van der Waals surface area contributed by atoms with Crippen molar-refractivity contribution < 1.29 is 19.4 Å². The molecule has 0 spiro atoms. The van der Waals surface area contributed by atoms with E-state index in [1.54, 1.807) is 18.9 Å². The number of anilines is 1. The van der Waals surface area contributed by atoms with Crippen molar-refractivity contribution in [3.8, 4) is 0 Å². The van der Waals surface area contributed by atoms with Crippen LogP contribution in [0.5, 0.6) is 0 Å². The number of carbonyl (C=O) groups is 1. The summed E-state index contributed by atoms with van der Waals surface area (Å²) in [4.78, 5) is 14.8. The highest BCUT2D eigenvalue weighted by Crippen LogP contribution is 2.33. The zero-order valence-electron chi connectivity index (χ0n) is 17.3. The highest BCUT2D eigenvalue weighted by Gasteiger charge is 2.31. The monoisotopic (exact) mass is 365 g/mol. The molecule has 1 aromatic carbocycles. The number of amides is 1. The zero-order chi connectivity index (χ0) is 19.9. The Hall–Kier alpha value is -1.43. The Morgan fingerprint density at radius 2 is 1.77 bits per heavy atom. The Morgan fingerprint density at radius 1 is 1.15 bits per heavy atom. The van der Waals surface area contributed by atoms with Crippen LogP contribution in [0.25, 0.3) is 0 Å². The van der Waals surface area contributed by atoms with Gasteiger partial charge >= 0.3 is 0 Å². The van der Waals surface area contributed by atoms with Crippen molar-refractivity contribution in [1.29, 1.82) is 0 Å². The van der Waals surface area contributed by atoms with E-state index in [9.17, 15) is 9.90 Å².